The van der Waals surface area contributed by atoms with E-state index in [0.717, 1.165) is 6.42 Å². The molecule has 1 aliphatic rings. The zero-order chi connectivity index (χ0) is 7.40. The minimum absolute atomic E-state index is 0.0914. The molecule has 0 saturated carbocycles. The van der Waals surface area contributed by atoms with Crippen LogP contribution in [0.15, 0.2) is 29.4 Å². The van der Waals surface area contributed by atoms with E-state index in [1.54, 1.807) is 12.2 Å². The number of aliphatic carboxylic acids is 1. The van der Waals surface area contributed by atoms with Gasteiger partial charge in [-0.15, -0.1) is 0 Å². The van der Waals surface area contributed by atoms with Crippen LogP contribution in [-0.2, 0) is 4.79 Å². The Balaban J connectivity index is 2.83. The van der Waals surface area contributed by atoms with Crippen LogP contribution in [0.2, 0.25) is 0 Å². The second kappa shape index (κ2) is 2.96. The first-order valence-corrected chi connectivity index (χ1v) is 2.93. The highest BCUT2D eigenvalue weighted by Crippen LogP contribution is 1.95. The summed E-state index contributed by atoms with van der Waals surface area (Å²) in [5.41, 5.74) is 0.0914. The summed E-state index contributed by atoms with van der Waals surface area (Å²) < 4.78 is 0. The van der Waals surface area contributed by atoms with Crippen LogP contribution in [0.3, 0.4) is 0 Å². The topological polar surface area (TPSA) is 49.7 Å². The summed E-state index contributed by atoms with van der Waals surface area (Å²) in [5, 5.41) is 8.45. The van der Waals surface area contributed by atoms with Gasteiger partial charge in [0.05, 0.1) is 0 Å². The fourth-order valence-corrected chi connectivity index (χ4v) is 0.622. The van der Waals surface area contributed by atoms with Crippen molar-refractivity contribution in [3.05, 3.63) is 24.4 Å². The van der Waals surface area contributed by atoms with E-state index in [9.17, 15) is 4.79 Å². The Bertz CT molecular complexity index is 226. The second-order valence-electron chi connectivity index (χ2n) is 1.84. The highest BCUT2D eigenvalue weighted by Gasteiger charge is 2.03. The van der Waals surface area contributed by atoms with Crippen LogP contribution >= 0.6 is 0 Å². The molecular weight excluding hydrogens is 130 g/mol. The van der Waals surface area contributed by atoms with Crippen LogP contribution in [0.1, 0.15) is 6.42 Å². The van der Waals surface area contributed by atoms with E-state index in [1.807, 2.05) is 0 Å². The molecular formula is C7H7NO2. The van der Waals surface area contributed by atoms with Gasteiger partial charge in [0.25, 0.3) is 0 Å². The lowest BCUT2D eigenvalue weighted by Crippen LogP contribution is -2.08. The number of hydrogen-bond acceptors (Lipinski definition) is 2. The molecule has 1 N–H and O–H groups in total. The molecule has 0 saturated heterocycles. The zero-order valence-corrected chi connectivity index (χ0v) is 5.32. The molecule has 0 amide bonds. The average molecular weight is 137 g/mol. The number of hydrogen-bond donors (Lipinski definition) is 1. The highest BCUT2D eigenvalue weighted by atomic mass is 16.4. The van der Waals surface area contributed by atoms with E-state index < -0.39 is 5.97 Å². The van der Waals surface area contributed by atoms with Gasteiger partial charge in [0.2, 0.25) is 0 Å². The molecule has 0 aromatic carbocycles. The first kappa shape index (κ1) is 6.74. The third-order valence-electron chi connectivity index (χ3n) is 1.09. The number of carboxylic acids is 1. The van der Waals surface area contributed by atoms with Crippen LogP contribution in [0.5, 0.6) is 0 Å². The molecule has 0 unspecified atom stereocenters. The largest absolute Gasteiger partial charge is 0.477 e. The number of rotatable bonds is 1. The van der Waals surface area contributed by atoms with Gasteiger partial charge in [0.1, 0.15) is 5.71 Å². The smallest absolute Gasteiger partial charge is 0.354 e. The van der Waals surface area contributed by atoms with Crippen LogP contribution in [0.4, 0.5) is 0 Å². The van der Waals surface area contributed by atoms with E-state index in [4.69, 9.17) is 5.11 Å². The van der Waals surface area contributed by atoms with Crippen molar-refractivity contribution in [1.82, 2.24) is 0 Å². The maximum Gasteiger partial charge on any atom is 0.354 e. The molecule has 0 bridgehead atoms. The standard InChI is InChI=1S/C7H7NO2/c9-7(10)6-4-2-1-3-5-8-6/h2-5H,1H2,(H,9,10). The number of carboxylic acid groups (broad SMARTS) is 1. The lowest BCUT2D eigenvalue weighted by molar-refractivity contribution is -0.129. The van der Waals surface area contributed by atoms with Crippen LogP contribution in [0, 0.1) is 0 Å². The van der Waals surface area contributed by atoms with Gasteiger partial charge >= 0.3 is 5.97 Å². The van der Waals surface area contributed by atoms with E-state index in [-0.39, 0.29) is 5.71 Å². The van der Waals surface area contributed by atoms with Crippen molar-refractivity contribution in [3.8, 4) is 0 Å². The Kier molecular flexibility index (Phi) is 1.99. The van der Waals surface area contributed by atoms with Gasteiger partial charge < -0.3 is 5.11 Å². The Morgan fingerprint density at radius 2 is 2.40 bits per heavy atom. The van der Waals surface area contributed by atoms with Crippen molar-refractivity contribution in [2.45, 2.75) is 6.42 Å². The minimum Gasteiger partial charge on any atom is -0.477 e. The lowest BCUT2D eigenvalue weighted by atomic mass is 10.3. The first-order valence-electron chi connectivity index (χ1n) is 2.93. The normalized spacial score (nSPS) is 16.2. The third kappa shape index (κ3) is 1.55. The summed E-state index contributed by atoms with van der Waals surface area (Å²) in [5.74, 6) is -0.984. The Hall–Kier alpha value is -1.38. The molecule has 0 fully saturated rings. The second-order valence-corrected chi connectivity index (χ2v) is 1.84. The van der Waals surface area contributed by atoms with Gasteiger partial charge in [-0.3, -0.25) is 0 Å². The predicted molar refractivity (Wildman–Crippen MR) is 38.0 cm³/mol. The van der Waals surface area contributed by atoms with Gasteiger partial charge in [-0.05, 0) is 12.5 Å². The van der Waals surface area contributed by atoms with E-state index in [0.29, 0.717) is 0 Å². The van der Waals surface area contributed by atoms with Gasteiger partial charge in [-0.2, -0.15) is 0 Å². The maximum atomic E-state index is 10.3. The van der Waals surface area contributed by atoms with Gasteiger partial charge in [0, 0.05) is 6.20 Å². The zero-order valence-electron chi connectivity index (χ0n) is 5.32. The summed E-state index contributed by atoms with van der Waals surface area (Å²) in [6, 6.07) is 0. The fraction of sp³-hybridized carbons (Fsp3) is 0.143. The number of allylic oxidation sites excluding steroid dienone is 2. The summed E-state index contributed by atoms with van der Waals surface area (Å²) in [4.78, 5) is 14.0. The van der Waals surface area contributed by atoms with Crippen LogP contribution in [0.25, 0.3) is 0 Å². The first-order chi connectivity index (χ1) is 4.80. The minimum atomic E-state index is -0.984. The van der Waals surface area contributed by atoms with Crippen molar-refractivity contribution < 1.29 is 9.90 Å². The summed E-state index contributed by atoms with van der Waals surface area (Å²) in [6.45, 7) is 0. The van der Waals surface area contributed by atoms with Crippen molar-refractivity contribution in [3.63, 3.8) is 0 Å². The van der Waals surface area contributed by atoms with E-state index >= 15 is 0 Å². The summed E-state index contributed by atoms with van der Waals surface area (Å²) >= 11 is 0. The molecule has 3 nitrogen and oxygen atoms in total. The molecule has 0 aromatic rings. The molecule has 0 aliphatic carbocycles. The number of aliphatic imine (C=N–C) groups is 1. The SMILES string of the molecule is O=C(O)C1=NC=CCC=C1. The molecule has 0 radical (unpaired) electrons. The van der Waals surface area contributed by atoms with Gasteiger partial charge in [-0.25, -0.2) is 9.79 Å². The number of carbonyl (C=O) groups is 1. The molecule has 3 heteroatoms. The summed E-state index contributed by atoms with van der Waals surface area (Å²) in [6.07, 6.45) is 7.31. The van der Waals surface area contributed by atoms with Crippen molar-refractivity contribution in [1.29, 1.82) is 0 Å². The monoisotopic (exact) mass is 137 g/mol. The van der Waals surface area contributed by atoms with E-state index in [2.05, 4.69) is 4.99 Å². The van der Waals surface area contributed by atoms with Crippen LogP contribution in [-0.4, -0.2) is 16.8 Å². The lowest BCUT2D eigenvalue weighted by Gasteiger charge is -1.86. The molecule has 1 heterocycles. The molecule has 0 aromatic heterocycles. The molecule has 0 spiro atoms. The molecule has 0 atom stereocenters. The van der Waals surface area contributed by atoms with E-state index in [1.165, 1.54) is 12.3 Å². The Morgan fingerprint density at radius 1 is 1.60 bits per heavy atom. The van der Waals surface area contributed by atoms with Crippen molar-refractivity contribution >= 4 is 11.7 Å². The molecule has 10 heavy (non-hydrogen) atoms. The van der Waals surface area contributed by atoms with Gasteiger partial charge in [-0.1, -0.05) is 12.2 Å². The predicted octanol–water partition coefficient (Wildman–Crippen LogP) is 0.986. The van der Waals surface area contributed by atoms with Crippen LogP contribution < -0.4 is 0 Å². The molecule has 1 aliphatic heterocycles. The molecule has 52 valence electrons. The van der Waals surface area contributed by atoms with Crippen molar-refractivity contribution in [2.75, 3.05) is 0 Å². The maximum absolute atomic E-state index is 10.3. The highest BCUT2D eigenvalue weighted by molar-refractivity contribution is 6.40. The molecule has 1 rings (SSSR count). The third-order valence-corrected chi connectivity index (χ3v) is 1.09. The quantitative estimate of drug-likeness (QED) is 0.585. The number of nitrogens with zero attached hydrogens (tertiary/aromatic N) is 1. The average Bonchev–Trinajstić information content (AvgIpc) is 2.12. The Labute approximate surface area is 58.4 Å². The van der Waals surface area contributed by atoms with Gasteiger partial charge in [0.15, 0.2) is 0 Å². The fourth-order valence-electron chi connectivity index (χ4n) is 0.622. The summed E-state index contributed by atoms with van der Waals surface area (Å²) in [7, 11) is 0. The Morgan fingerprint density at radius 3 is 3.10 bits per heavy atom. The van der Waals surface area contributed by atoms with Crippen molar-refractivity contribution in [2.24, 2.45) is 4.99 Å².